The number of ketones is 1. The fourth-order valence-corrected chi connectivity index (χ4v) is 3.00. The monoisotopic (exact) mass is 266 g/mol. The molecule has 0 bridgehead atoms. The summed E-state index contributed by atoms with van der Waals surface area (Å²) < 4.78 is 0. The SMILES string of the molecule is CC(C)(C)C(=O)C1(O)c2ccccc2-c2ccccc21. The van der Waals surface area contributed by atoms with E-state index in [4.69, 9.17) is 0 Å². The summed E-state index contributed by atoms with van der Waals surface area (Å²) >= 11 is 0. The van der Waals surface area contributed by atoms with E-state index in [0.717, 1.165) is 11.1 Å². The van der Waals surface area contributed by atoms with Crippen LogP contribution >= 0.6 is 0 Å². The van der Waals surface area contributed by atoms with Crippen molar-refractivity contribution in [2.24, 2.45) is 5.41 Å². The molecule has 0 heterocycles. The first-order valence-electron chi connectivity index (χ1n) is 6.83. The molecule has 0 fully saturated rings. The van der Waals surface area contributed by atoms with E-state index < -0.39 is 11.0 Å². The molecule has 1 N–H and O–H groups in total. The molecule has 2 aromatic rings. The Kier molecular flexibility index (Phi) is 2.63. The summed E-state index contributed by atoms with van der Waals surface area (Å²) in [5.74, 6) is -0.164. The summed E-state index contributed by atoms with van der Waals surface area (Å²) in [6, 6.07) is 15.2. The highest BCUT2D eigenvalue weighted by atomic mass is 16.3. The van der Waals surface area contributed by atoms with Gasteiger partial charge in [0.2, 0.25) is 0 Å². The molecule has 1 aliphatic carbocycles. The largest absolute Gasteiger partial charge is 0.373 e. The number of fused-ring (bicyclic) bond motifs is 3. The summed E-state index contributed by atoms with van der Waals surface area (Å²) in [5, 5.41) is 11.3. The summed E-state index contributed by atoms with van der Waals surface area (Å²) in [6.45, 7) is 5.53. The first-order chi connectivity index (χ1) is 9.37. The number of carbonyl (C=O) groups is 1. The molecule has 0 amide bonds. The Balaban J connectivity index is 2.34. The van der Waals surface area contributed by atoms with Gasteiger partial charge in [0.05, 0.1) is 0 Å². The van der Waals surface area contributed by atoms with Crippen molar-refractivity contribution in [2.45, 2.75) is 26.4 Å². The third-order valence-corrected chi connectivity index (χ3v) is 3.93. The Morgan fingerprint density at radius 2 is 1.30 bits per heavy atom. The van der Waals surface area contributed by atoms with Gasteiger partial charge in [-0.25, -0.2) is 0 Å². The zero-order chi connectivity index (χ0) is 14.5. The molecule has 0 spiro atoms. The van der Waals surface area contributed by atoms with E-state index in [-0.39, 0.29) is 5.78 Å². The van der Waals surface area contributed by atoms with E-state index in [1.165, 1.54) is 0 Å². The zero-order valence-electron chi connectivity index (χ0n) is 12.0. The summed E-state index contributed by atoms with van der Waals surface area (Å²) in [5.41, 5.74) is 1.14. The Morgan fingerprint density at radius 3 is 1.70 bits per heavy atom. The molecule has 20 heavy (non-hydrogen) atoms. The maximum atomic E-state index is 12.9. The van der Waals surface area contributed by atoms with E-state index in [9.17, 15) is 9.90 Å². The van der Waals surface area contributed by atoms with Crippen molar-refractivity contribution in [3.63, 3.8) is 0 Å². The van der Waals surface area contributed by atoms with Crippen LogP contribution in [0.15, 0.2) is 48.5 Å². The van der Waals surface area contributed by atoms with Crippen LogP contribution in [0.1, 0.15) is 31.9 Å². The van der Waals surface area contributed by atoms with Crippen LogP contribution in [-0.4, -0.2) is 10.9 Å². The van der Waals surface area contributed by atoms with Crippen LogP contribution in [0.2, 0.25) is 0 Å². The van der Waals surface area contributed by atoms with Crippen molar-refractivity contribution in [3.8, 4) is 11.1 Å². The first kappa shape index (κ1) is 13.1. The molecule has 2 aromatic carbocycles. The quantitative estimate of drug-likeness (QED) is 0.857. The minimum Gasteiger partial charge on any atom is -0.373 e. The lowest BCUT2D eigenvalue weighted by Gasteiger charge is -2.31. The molecule has 102 valence electrons. The fraction of sp³-hybridized carbons (Fsp3) is 0.278. The number of rotatable bonds is 1. The maximum Gasteiger partial charge on any atom is 0.178 e. The average Bonchev–Trinajstić information content (AvgIpc) is 2.69. The van der Waals surface area contributed by atoms with Gasteiger partial charge in [0.15, 0.2) is 11.4 Å². The van der Waals surface area contributed by atoms with Crippen LogP contribution in [0.3, 0.4) is 0 Å². The van der Waals surface area contributed by atoms with E-state index in [1.54, 1.807) is 0 Å². The van der Waals surface area contributed by atoms with Gasteiger partial charge in [0.25, 0.3) is 0 Å². The van der Waals surface area contributed by atoms with Gasteiger partial charge in [0.1, 0.15) is 0 Å². The average molecular weight is 266 g/mol. The van der Waals surface area contributed by atoms with Gasteiger partial charge >= 0.3 is 0 Å². The van der Waals surface area contributed by atoms with Crippen molar-refractivity contribution < 1.29 is 9.90 Å². The van der Waals surface area contributed by atoms with E-state index >= 15 is 0 Å². The highest BCUT2D eigenvalue weighted by Gasteiger charge is 2.50. The van der Waals surface area contributed by atoms with Crippen molar-refractivity contribution in [2.75, 3.05) is 0 Å². The number of Topliss-reactive ketones (excluding diaryl/α,β-unsaturated/α-hetero) is 1. The molecular weight excluding hydrogens is 248 g/mol. The number of aliphatic hydroxyl groups is 1. The van der Waals surface area contributed by atoms with E-state index in [1.807, 2.05) is 69.3 Å². The Hall–Kier alpha value is -1.93. The number of hydrogen-bond acceptors (Lipinski definition) is 2. The summed E-state index contributed by atoms with van der Waals surface area (Å²) in [7, 11) is 0. The minimum absolute atomic E-state index is 0.164. The van der Waals surface area contributed by atoms with Crippen molar-refractivity contribution in [3.05, 3.63) is 59.7 Å². The molecular formula is C18H18O2. The molecule has 0 saturated heterocycles. The lowest BCUT2D eigenvalue weighted by molar-refractivity contribution is -0.142. The molecule has 0 saturated carbocycles. The van der Waals surface area contributed by atoms with Gasteiger partial charge in [-0.2, -0.15) is 0 Å². The van der Waals surface area contributed by atoms with Gasteiger partial charge in [-0.1, -0.05) is 69.3 Å². The maximum absolute atomic E-state index is 12.9. The van der Waals surface area contributed by atoms with Gasteiger partial charge in [-0.05, 0) is 11.1 Å². The van der Waals surface area contributed by atoms with Crippen LogP contribution < -0.4 is 0 Å². The molecule has 0 unspecified atom stereocenters. The molecule has 3 rings (SSSR count). The highest BCUT2D eigenvalue weighted by molar-refractivity contribution is 6.02. The second-order valence-corrected chi connectivity index (χ2v) is 6.38. The number of hydrogen-bond donors (Lipinski definition) is 1. The van der Waals surface area contributed by atoms with Crippen LogP contribution in [0, 0.1) is 5.41 Å². The molecule has 0 atom stereocenters. The molecule has 0 radical (unpaired) electrons. The fourth-order valence-electron chi connectivity index (χ4n) is 3.00. The smallest absolute Gasteiger partial charge is 0.178 e. The van der Waals surface area contributed by atoms with Gasteiger partial charge in [0, 0.05) is 16.5 Å². The van der Waals surface area contributed by atoms with E-state index in [2.05, 4.69) is 0 Å². The van der Waals surface area contributed by atoms with Crippen molar-refractivity contribution >= 4 is 5.78 Å². The molecule has 2 nitrogen and oxygen atoms in total. The topological polar surface area (TPSA) is 37.3 Å². The highest BCUT2D eigenvalue weighted by Crippen LogP contribution is 2.49. The Morgan fingerprint density at radius 1 is 0.900 bits per heavy atom. The first-order valence-corrected chi connectivity index (χ1v) is 6.83. The van der Waals surface area contributed by atoms with Crippen LogP contribution in [0.5, 0.6) is 0 Å². The lowest BCUT2D eigenvalue weighted by Crippen LogP contribution is -2.42. The molecule has 2 heteroatoms. The van der Waals surface area contributed by atoms with Crippen LogP contribution in [-0.2, 0) is 10.4 Å². The normalized spacial score (nSPS) is 15.6. The number of benzene rings is 2. The predicted octanol–water partition coefficient (Wildman–Crippen LogP) is 3.52. The second kappa shape index (κ2) is 4.03. The van der Waals surface area contributed by atoms with Crippen molar-refractivity contribution in [1.29, 1.82) is 0 Å². The van der Waals surface area contributed by atoms with Gasteiger partial charge < -0.3 is 5.11 Å². The van der Waals surface area contributed by atoms with Gasteiger partial charge in [-0.3, -0.25) is 4.79 Å². The third kappa shape index (κ3) is 1.58. The predicted molar refractivity (Wildman–Crippen MR) is 79.3 cm³/mol. The molecule has 1 aliphatic rings. The standard InChI is InChI=1S/C18H18O2/c1-17(2,3)16(19)18(20)14-10-6-4-8-12(14)13-9-5-7-11-15(13)18/h4-11,20H,1-3H3. The Labute approximate surface area is 119 Å². The third-order valence-electron chi connectivity index (χ3n) is 3.93. The summed E-state index contributed by atoms with van der Waals surface area (Å²) in [6.07, 6.45) is 0. The van der Waals surface area contributed by atoms with E-state index in [0.29, 0.717) is 11.1 Å². The lowest BCUT2D eigenvalue weighted by atomic mass is 9.75. The minimum atomic E-state index is -1.54. The van der Waals surface area contributed by atoms with Gasteiger partial charge in [-0.15, -0.1) is 0 Å². The summed E-state index contributed by atoms with van der Waals surface area (Å²) in [4.78, 5) is 12.9. The molecule has 0 aliphatic heterocycles. The van der Waals surface area contributed by atoms with Crippen molar-refractivity contribution in [1.82, 2.24) is 0 Å². The number of carbonyl (C=O) groups excluding carboxylic acids is 1. The van der Waals surface area contributed by atoms with Crippen LogP contribution in [0.4, 0.5) is 0 Å². The zero-order valence-corrected chi connectivity index (χ0v) is 12.0. The molecule has 0 aromatic heterocycles. The second-order valence-electron chi connectivity index (χ2n) is 6.38. The van der Waals surface area contributed by atoms with Crippen LogP contribution in [0.25, 0.3) is 11.1 Å². The Bertz CT molecular complexity index is 647.